The summed E-state index contributed by atoms with van der Waals surface area (Å²) in [5, 5.41) is 8.95. The fraction of sp³-hybridized carbons (Fsp3) is 0.308. The van der Waals surface area contributed by atoms with E-state index in [1.54, 1.807) is 0 Å². The van der Waals surface area contributed by atoms with Gasteiger partial charge in [0.05, 0.1) is 15.5 Å². The summed E-state index contributed by atoms with van der Waals surface area (Å²) in [6, 6.07) is 6.10. The predicted molar refractivity (Wildman–Crippen MR) is 73.3 cm³/mol. The van der Waals surface area contributed by atoms with E-state index in [0.717, 1.165) is 12.0 Å². The Morgan fingerprint density at radius 1 is 1.42 bits per heavy atom. The predicted octanol–water partition coefficient (Wildman–Crippen LogP) is 2.55. The highest BCUT2D eigenvalue weighted by Gasteiger charge is 2.26. The van der Waals surface area contributed by atoms with Crippen LogP contribution >= 0.6 is 11.6 Å². The maximum Gasteiger partial charge on any atom is 0.243 e. The van der Waals surface area contributed by atoms with Gasteiger partial charge in [-0.25, -0.2) is 8.42 Å². The van der Waals surface area contributed by atoms with Gasteiger partial charge >= 0.3 is 0 Å². The Morgan fingerprint density at radius 3 is 2.74 bits per heavy atom. The molecule has 0 atom stereocenters. The zero-order valence-corrected chi connectivity index (χ0v) is 12.0. The quantitative estimate of drug-likeness (QED) is 0.788. The lowest BCUT2D eigenvalue weighted by Gasteiger charge is -2.25. The van der Waals surface area contributed by atoms with E-state index in [0.29, 0.717) is 13.1 Å². The Labute approximate surface area is 118 Å². The average Bonchev–Trinajstić information content (AvgIpc) is 2.38. The van der Waals surface area contributed by atoms with Gasteiger partial charge in [0.15, 0.2) is 0 Å². The minimum atomic E-state index is -3.54. The van der Waals surface area contributed by atoms with E-state index in [9.17, 15) is 8.42 Å². The summed E-state index contributed by atoms with van der Waals surface area (Å²) < 4.78 is 26.3. The molecule has 0 unspecified atom stereocenters. The molecular weight excluding hydrogens is 284 g/mol. The fourth-order valence-electron chi connectivity index (χ4n) is 1.98. The summed E-state index contributed by atoms with van der Waals surface area (Å²) >= 11 is 5.89. The first-order chi connectivity index (χ1) is 8.95. The Hall–Kier alpha value is -1.35. The molecule has 0 N–H and O–H groups in total. The molecule has 4 nitrogen and oxygen atoms in total. The van der Waals surface area contributed by atoms with E-state index < -0.39 is 10.0 Å². The Bertz CT molecular complexity index is 674. The van der Waals surface area contributed by atoms with Gasteiger partial charge < -0.3 is 0 Å². The van der Waals surface area contributed by atoms with Gasteiger partial charge in [-0.2, -0.15) is 9.57 Å². The fourth-order valence-corrected chi connectivity index (χ4v) is 3.79. The molecule has 0 fully saturated rings. The summed E-state index contributed by atoms with van der Waals surface area (Å²) in [6.45, 7) is 2.78. The normalized spacial score (nSPS) is 16.8. The molecular formula is C13H13ClN2O2S. The molecule has 1 heterocycles. The third-order valence-corrected chi connectivity index (χ3v) is 5.15. The van der Waals surface area contributed by atoms with Crippen LogP contribution in [0, 0.1) is 11.3 Å². The Kier molecular flexibility index (Phi) is 3.95. The van der Waals surface area contributed by atoms with Crippen LogP contribution in [0.3, 0.4) is 0 Å². The number of nitrogens with zero attached hydrogens (tertiary/aromatic N) is 2. The van der Waals surface area contributed by atoms with Crippen molar-refractivity contribution in [1.29, 1.82) is 5.26 Å². The third kappa shape index (κ3) is 2.81. The molecule has 0 aromatic heterocycles. The number of halogens is 1. The van der Waals surface area contributed by atoms with Gasteiger partial charge in [0.25, 0.3) is 0 Å². The van der Waals surface area contributed by atoms with E-state index in [1.165, 1.54) is 22.5 Å². The van der Waals surface area contributed by atoms with Gasteiger partial charge in [0.1, 0.15) is 6.07 Å². The topological polar surface area (TPSA) is 61.2 Å². The van der Waals surface area contributed by atoms with Crippen molar-refractivity contribution >= 4 is 21.6 Å². The van der Waals surface area contributed by atoms with Crippen LogP contribution in [0.25, 0.3) is 0 Å². The van der Waals surface area contributed by atoms with Gasteiger partial charge in [0, 0.05) is 13.1 Å². The summed E-state index contributed by atoms with van der Waals surface area (Å²) in [5.74, 6) is 0. The molecule has 1 aliphatic rings. The van der Waals surface area contributed by atoms with Crippen molar-refractivity contribution in [2.45, 2.75) is 18.2 Å². The molecule has 0 saturated carbocycles. The second-order valence-electron chi connectivity index (χ2n) is 4.43. The lowest BCUT2D eigenvalue weighted by molar-refractivity contribution is 0.428. The zero-order valence-electron chi connectivity index (χ0n) is 10.4. The zero-order chi connectivity index (χ0) is 14.0. The largest absolute Gasteiger partial charge is 0.243 e. The summed E-state index contributed by atoms with van der Waals surface area (Å²) in [4.78, 5) is 0.131. The lowest BCUT2D eigenvalue weighted by atomic mass is 10.2. The van der Waals surface area contributed by atoms with E-state index in [-0.39, 0.29) is 15.5 Å². The molecule has 1 aromatic carbocycles. The maximum absolute atomic E-state index is 12.4. The summed E-state index contributed by atoms with van der Waals surface area (Å²) in [5.41, 5.74) is 1.31. The molecule has 1 aromatic rings. The highest BCUT2D eigenvalue weighted by molar-refractivity contribution is 7.89. The monoisotopic (exact) mass is 296 g/mol. The Morgan fingerprint density at radius 2 is 2.16 bits per heavy atom. The molecule has 0 saturated heterocycles. The minimum Gasteiger partial charge on any atom is -0.207 e. The van der Waals surface area contributed by atoms with E-state index >= 15 is 0 Å². The summed E-state index contributed by atoms with van der Waals surface area (Å²) in [7, 11) is -3.54. The Balaban J connectivity index is 2.38. The van der Waals surface area contributed by atoms with Crippen molar-refractivity contribution in [3.05, 3.63) is 40.4 Å². The van der Waals surface area contributed by atoms with Crippen molar-refractivity contribution in [2.75, 3.05) is 13.1 Å². The number of rotatable bonds is 2. The van der Waals surface area contributed by atoms with Crippen molar-refractivity contribution in [3.63, 3.8) is 0 Å². The average molecular weight is 297 g/mol. The SMILES string of the molecule is CC1=CCCN(S(=O)(=O)c2ccc(C#N)c(Cl)c2)C1. The smallest absolute Gasteiger partial charge is 0.207 e. The van der Waals surface area contributed by atoms with Crippen LogP contribution in [0.5, 0.6) is 0 Å². The summed E-state index contributed by atoms with van der Waals surface area (Å²) in [6.07, 6.45) is 2.76. The van der Waals surface area contributed by atoms with Gasteiger partial charge in [0.2, 0.25) is 10.0 Å². The van der Waals surface area contributed by atoms with Crippen LogP contribution in [0.2, 0.25) is 5.02 Å². The van der Waals surface area contributed by atoms with Gasteiger partial charge in [-0.05, 0) is 31.5 Å². The van der Waals surface area contributed by atoms with Crippen LogP contribution in [0.1, 0.15) is 18.9 Å². The van der Waals surface area contributed by atoms with Gasteiger partial charge in [-0.15, -0.1) is 0 Å². The molecule has 6 heteroatoms. The molecule has 0 radical (unpaired) electrons. The van der Waals surface area contributed by atoms with Crippen LogP contribution in [-0.2, 0) is 10.0 Å². The third-order valence-electron chi connectivity index (χ3n) is 3.00. The van der Waals surface area contributed by atoms with Crippen molar-refractivity contribution < 1.29 is 8.42 Å². The molecule has 0 bridgehead atoms. The second kappa shape index (κ2) is 5.33. The standard InChI is InChI=1S/C13H13ClN2O2S/c1-10-3-2-6-16(9-10)19(17,18)12-5-4-11(8-15)13(14)7-12/h3-5,7H,2,6,9H2,1H3. The highest BCUT2D eigenvalue weighted by atomic mass is 35.5. The molecule has 0 aliphatic carbocycles. The van der Waals surface area contributed by atoms with Crippen LogP contribution in [0.15, 0.2) is 34.7 Å². The molecule has 0 amide bonds. The van der Waals surface area contributed by atoms with E-state index in [2.05, 4.69) is 0 Å². The van der Waals surface area contributed by atoms with E-state index in [4.69, 9.17) is 16.9 Å². The molecule has 2 rings (SSSR count). The molecule has 0 spiro atoms. The number of nitriles is 1. The van der Waals surface area contributed by atoms with Crippen LogP contribution in [-0.4, -0.2) is 25.8 Å². The first-order valence-electron chi connectivity index (χ1n) is 5.80. The molecule has 100 valence electrons. The van der Waals surface area contributed by atoms with Crippen molar-refractivity contribution in [1.82, 2.24) is 4.31 Å². The van der Waals surface area contributed by atoms with Crippen molar-refractivity contribution in [2.24, 2.45) is 0 Å². The van der Waals surface area contributed by atoms with Gasteiger partial charge in [-0.3, -0.25) is 0 Å². The highest BCUT2D eigenvalue weighted by Crippen LogP contribution is 2.24. The van der Waals surface area contributed by atoms with Crippen LogP contribution < -0.4 is 0 Å². The van der Waals surface area contributed by atoms with Gasteiger partial charge in [-0.1, -0.05) is 23.3 Å². The van der Waals surface area contributed by atoms with Crippen molar-refractivity contribution in [3.8, 4) is 6.07 Å². The molecule has 19 heavy (non-hydrogen) atoms. The van der Waals surface area contributed by atoms with E-state index in [1.807, 2.05) is 19.1 Å². The number of hydrogen-bond donors (Lipinski definition) is 0. The lowest BCUT2D eigenvalue weighted by Crippen LogP contribution is -2.35. The maximum atomic E-state index is 12.4. The first-order valence-corrected chi connectivity index (χ1v) is 7.62. The first kappa shape index (κ1) is 14.1. The second-order valence-corrected chi connectivity index (χ2v) is 6.78. The number of sulfonamides is 1. The molecule has 1 aliphatic heterocycles. The number of hydrogen-bond acceptors (Lipinski definition) is 3. The minimum absolute atomic E-state index is 0.131. The van der Waals surface area contributed by atoms with Crippen LogP contribution in [0.4, 0.5) is 0 Å². The number of benzene rings is 1.